The summed E-state index contributed by atoms with van der Waals surface area (Å²) in [5, 5.41) is 16.7. The smallest absolute Gasteiger partial charge is 0.652 e. The van der Waals surface area contributed by atoms with Crippen LogP contribution in [0.5, 0.6) is 0 Å². The van der Waals surface area contributed by atoms with Gasteiger partial charge in [-0.15, -0.1) is 0 Å². The zero-order valence-electron chi connectivity index (χ0n) is 5.93. The molecule has 0 N–H and O–H groups in total. The Labute approximate surface area is 86.7 Å². The average molecular weight is 173 g/mol. The second kappa shape index (κ2) is 11.5. The Hall–Kier alpha value is 0.747. The Morgan fingerprint density at radius 3 is 1.22 bits per heavy atom. The molecule has 0 aromatic carbocycles. The molecule has 0 spiro atoms. The first kappa shape index (κ1) is 16.4. The third-order valence-electron chi connectivity index (χ3n) is 0. The Morgan fingerprint density at radius 1 is 1.22 bits per heavy atom. The summed E-state index contributed by atoms with van der Waals surface area (Å²) in [7, 11) is 0.120. The van der Waals surface area contributed by atoms with Crippen molar-refractivity contribution in [2.75, 3.05) is 0 Å². The van der Waals surface area contributed by atoms with Crippen molar-refractivity contribution >= 4 is 52.7 Å². The fourth-order valence-corrected chi connectivity index (χ4v) is 0. The van der Waals surface area contributed by atoms with Gasteiger partial charge in [0.1, 0.15) is 0 Å². The first-order valence-corrected chi connectivity index (χ1v) is 5.11. The third-order valence-corrected chi connectivity index (χ3v) is 0. The molecule has 0 bridgehead atoms. The van der Waals surface area contributed by atoms with Gasteiger partial charge in [-0.25, -0.2) is 0 Å². The van der Waals surface area contributed by atoms with Crippen molar-refractivity contribution in [2.45, 2.75) is 19.6 Å². The molecule has 0 saturated heterocycles. The number of hydrogen-bond acceptors (Lipinski definition) is 3. The van der Waals surface area contributed by atoms with Crippen LogP contribution in [0.3, 0.4) is 0 Å². The Balaban J connectivity index is -0.0000000720. The van der Waals surface area contributed by atoms with Crippen LogP contribution < -0.4 is 10.2 Å². The molecule has 0 amide bonds. The van der Waals surface area contributed by atoms with Crippen LogP contribution in [-0.2, 0) is 0 Å². The quantitative estimate of drug-likeness (QED) is 0.421. The SMILES string of the molecule is C[Si-](C)C.O=C([O-])[O-].[Ca+2]. The van der Waals surface area contributed by atoms with Crippen molar-refractivity contribution in [3.05, 3.63) is 0 Å². The minimum atomic E-state index is -2.33. The first-order chi connectivity index (χ1) is 3.46. The van der Waals surface area contributed by atoms with Gasteiger partial charge in [0.2, 0.25) is 0 Å². The van der Waals surface area contributed by atoms with Crippen LogP contribution in [0.15, 0.2) is 0 Å². The number of carboxylic acid groups (broad SMARTS) is 2. The molecule has 0 rings (SSSR count). The van der Waals surface area contributed by atoms with Crippen LogP contribution in [0.2, 0.25) is 19.6 Å². The van der Waals surface area contributed by atoms with E-state index in [-0.39, 0.29) is 46.5 Å². The monoisotopic (exact) mass is 173 g/mol. The molecule has 5 heteroatoms. The van der Waals surface area contributed by atoms with Gasteiger partial charge in [-0.3, -0.25) is 8.80 Å². The molecule has 3 nitrogen and oxygen atoms in total. The van der Waals surface area contributed by atoms with Crippen LogP contribution in [0.4, 0.5) is 4.79 Å². The Morgan fingerprint density at radius 2 is 1.22 bits per heavy atom. The van der Waals surface area contributed by atoms with Gasteiger partial charge < -0.3 is 15.0 Å². The predicted octanol–water partition coefficient (Wildman–Crippen LogP) is -1.46. The zero-order chi connectivity index (χ0) is 7.15. The van der Waals surface area contributed by atoms with Gasteiger partial charge in [0, 0.05) is 0 Å². The van der Waals surface area contributed by atoms with Gasteiger partial charge in [0.25, 0.3) is 0 Å². The van der Waals surface area contributed by atoms with Gasteiger partial charge in [-0.1, -0.05) is 0 Å². The Bertz CT molecular complexity index is 60.1. The van der Waals surface area contributed by atoms with E-state index in [0.29, 0.717) is 0 Å². The van der Waals surface area contributed by atoms with Crippen molar-refractivity contribution in [3.8, 4) is 0 Å². The molecular weight excluding hydrogens is 164 g/mol. The minimum Gasteiger partial charge on any atom is -0.652 e. The van der Waals surface area contributed by atoms with Crippen LogP contribution >= 0.6 is 0 Å². The maximum absolute atomic E-state index is 8.33. The molecule has 0 unspecified atom stereocenters. The zero-order valence-corrected chi connectivity index (χ0v) is 9.14. The van der Waals surface area contributed by atoms with Gasteiger partial charge in [-0.2, -0.15) is 19.6 Å². The summed E-state index contributed by atoms with van der Waals surface area (Å²) in [5.41, 5.74) is 0. The van der Waals surface area contributed by atoms with E-state index in [1.165, 1.54) is 0 Å². The Kier molecular flexibility index (Phi) is 21.0. The number of rotatable bonds is 0. The second-order valence-corrected chi connectivity index (χ2v) is 4.75. The van der Waals surface area contributed by atoms with Crippen molar-refractivity contribution in [1.82, 2.24) is 0 Å². The third kappa shape index (κ3) is 714. The molecule has 0 fully saturated rings. The van der Waals surface area contributed by atoms with E-state index in [1.807, 2.05) is 0 Å². The van der Waals surface area contributed by atoms with Crippen LogP contribution in [-0.4, -0.2) is 52.7 Å². The van der Waals surface area contributed by atoms with Gasteiger partial charge in [0.05, 0.1) is 0 Å². The summed E-state index contributed by atoms with van der Waals surface area (Å²) in [6.07, 6.45) is -2.33. The molecule has 0 aromatic rings. The topological polar surface area (TPSA) is 63.2 Å². The number of hydrogen-bond donors (Lipinski definition) is 0. The van der Waals surface area contributed by atoms with Crippen molar-refractivity contribution in [1.29, 1.82) is 0 Å². The second-order valence-electron chi connectivity index (χ2n) is 1.75. The molecule has 0 radical (unpaired) electrons. The van der Waals surface area contributed by atoms with Crippen molar-refractivity contribution < 1.29 is 15.0 Å². The molecule has 50 valence electrons. The number of carbonyl (C=O) groups excluding carboxylic acids is 1. The largest absolute Gasteiger partial charge is 2.00 e. The van der Waals surface area contributed by atoms with E-state index in [1.54, 1.807) is 0 Å². The fraction of sp³-hybridized carbons (Fsp3) is 0.750. The summed E-state index contributed by atoms with van der Waals surface area (Å²) in [4.78, 5) is 8.33. The average Bonchev–Trinajstić information content (AvgIpc) is 1.25. The summed E-state index contributed by atoms with van der Waals surface area (Å²) in [6, 6.07) is 0. The van der Waals surface area contributed by atoms with Gasteiger partial charge in [-0.05, 0) is 6.16 Å². The van der Waals surface area contributed by atoms with E-state index in [4.69, 9.17) is 15.0 Å². The van der Waals surface area contributed by atoms with E-state index in [9.17, 15) is 0 Å². The maximum Gasteiger partial charge on any atom is 2.00 e. The molecule has 0 atom stereocenters. The molecular formula is C4H9CaO3Si-. The molecule has 0 saturated carbocycles. The molecule has 0 aromatic heterocycles. The predicted molar refractivity (Wildman–Crippen MR) is 34.5 cm³/mol. The summed E-state index contributed by atoms with van der Waals surface area (Å²) >= 11 is 0. The van der Waals surface area contributed by atoms with Crippen LogP contribution in [0.25, 0.3) is 0 Å². The van der Waals surface area contributed by atoms with Crippen LogP contribution in [0.1, 0.15) is 0 Å². The summed E-state index contributed by atoms with van der Waals surface area (Å²) < 4.78 is 0. The minimum absolute atomic E-state index is 0. The fourth-order valence-electron chi connectivity index (χ4n) is 0. The number of carbonyl (C=O) groups is 1. The van der Waals surface area contributed by atoms with Crippen LogP contribution in [0, 0.1) is 0 Å². The van der Waals surface area contributed by atoms with Crippen molar-refractivity contribution in [3.63, 3.8) is 0 Å². The van der Waals surface area contributed by atoms with Gasteiger partial charge >= 0.3 is 37.7 Å². The standard InChI is InChI=1S/C3H9Si.CH2O3.Ca/c1-4(2)3;2-1(3)4;/h1-3H3;(H2,2,3,4);/q-1;;+2/p-2. The molecule has 9 heavy (non-hydrogen) atoms. The normalized spacial score (nSPS) is 6.67. The molecule has 0 aliphatic heterocycles. The first-order valence-electron chi connectivity index (χ1n) is 2.11. The van der Waals surface area contributed by atoms with Gasteiger partial charge in [0.15, 0.2) is 0 Å². The van der Waals surface area contributed by atoms with Crippen molar-refractivity contribution in [2.24, 2.45) is 0 Å². The van der Waals surface area contributed by atoms with E-state index < -0.39 is 6.16 Å². The molecule has 0 heterocycles. The van der Waals surface area contributed by atoms with E-state index in [0.717, 1.165) is 0 Å². The van der Waals surface area contributed by atoms with E-state index >= 15 is 0 Å². The summed E-state index contributed by atoms with van der Waals surface area (Å²) in [5.74, 6) is 0. The summed E-state index contributed by atoms with van der Waals surface area (Å²) in [6.45, 7) is 6.81. The molecule has 0 aliphatic carbocycles. The molecule has 0 aliphatic rings. The maximum atomic E-state index is 8.33. The van der Waals surface area contributed by atoms with E-state index in [2.05, 4.69) is 19.6 Å².